The molecule has 1 aromatic heterocycles. The van der Waals surface area contributed by atoms with Gasteiger partial charge in [0.15, 0.2) is 11.5 Å². The van der Waals surface area contributed by atoms with Crippen molar-refractivity contribution < 1.29 is 18.9 Å². The summed E-state index contributed by atoms with van der Waals surface area (Å²) in [5.41, 5.74) is 1.81. The zero-order chi connectivity index (χ0) is 27.9. The minimum absolute atomic E-state index is 0.269. The van der Waals surface area contributed by atoms with Crippen LogP contribution in [-0.2, 0) is 4.74 Å². The topological polar surface area (TPSA) is 134 Å². The monoisotopic (exact) mass is 536 g/mol. The highest BCUT2D eigenvalue weighted by atomic mass is 16.5. The molecular formula is C30H28N6O4. The lowest BCUT2D eigenvalue weighted by atomic mass is 10.0. The predicted octanol–water partition coefficient (Wildman–Crippen LogP) is 5.76. The quantitative estimate of drug-likeness (QED) is 0.272. The van der Waals surface area contributed by atoms with Gasteiger partial charge in [0.1, 0.15) is 5.82 Å². The second kappa shape index (κ2) is 12.2. The van der Waals surface area contributed by atoms with Crippen molar-refractivity contribution in [3.63, 3.8) is 0 Å². The van der Waals surface area contributed by atoms with Gasteiger partial charge in [0, 0.05) is 36.9 Å². The van der Waals surface area contributed by atoms with Gasteiger partial charge in [-0.15, -0.1) is 0 Å². The Balaban J connectivity index is 1.51. The molecule has 1 aliphatic rings. The van der Waals surface area contributed by atoms with Crippen molar-refractivity contribution in [2.45, 2.75) is 12.8 Å². The van der Waals surface area contributed by atoms with Gasteiger partial charge in [0.2, 0.25) is 17.6 Å². The minimum Gasteiger partial charge on any atom is -0.493 e. The van der Waals surface area contributed by atoms with Crippen molar-refractivity contribution in [2.75, 3.05) is 44.6 Å². The molecule has 0 unspecified atom stereocenters. The average molecular weight is 537 g/mol. The lowest BCUT2D eigenvalue weighted by Crippen LogP contribution is -2.23. The number of fused-ring (bicyclic) bond motifs is 1. The second-order valence-corrected chi connectivity index (χ2v) is 9.26. The maximum absolute atomic E-state index is 9.33. The van der Waals surface area contributed by atoms with Crippen LogP contribution in [0.1, 0.15) is 24.0 Å². The first-order valence-corrected chi connectivity index (χ1v) is 12.8. The van der Waals surface area contributed by atoms with Crippen LogP contribution in [0.15, 0.2) is 54.6 Å². The van der Waals surface area contributed by atoms with Gasteiger partial charge in [-0.2, -0.15) is 20.5 Å². The number of benzene rings is 3. The van der Waals surface area contributed by atoms with Crippen LogP contribution in [0.2, 0.25) is 0 Å². The molecule has 1 aliphatic heterocycles. The van der Waals surface area contributed by atoms with Gasteiger partial charge in [-0.05, 0) is 72.7 Å². The summed E-state index contributed by atoms with van der Waals surface area (Å²) in [4.78, 5) is 9.24. The van der Waals surface area contributed by atoms with Crippen molar-refractivity contribution in [3.8, 4) is 35.3 Å². The minimum atomic E-state index is 0.269. The Morgan fingerprint density at radius 3 is 2.35 bits per heavy atom. The van der Waals surface area contributed by atoms with E-state index in [2.05, 4.69) is 32.7 Å². The molecule has 40 heavy (non-hydrogen) atoms. The van der Waals surface area contributed by atoms with Crippen LogP contribution in [0.4, 0.5) is 17.5 Å². The molecule has 5 rings (SSSR count). The zero-order valence-corrected chi connectivity index (χ0v) is 22.2. The highest BCUT2D eigenvalue weighted by Crippen LogP contribution is 2.45. The van der Waals surface area contributed by atoms with Gasteiger partial charge in [0.05, 0.1) is 37.5 Å². The van der Waals surface area contributed by atoms with E-state index in [1.54, 1.807) is 62.8 Å². The summed E-state index contributed by atoms with van der Waals surface area (Å²) in [6.07, 6.45) is 1.97. The lowest BCUT2D eigenvalue weighted by molar-refractivity contribution is 0.0699. The molecule has 1 fully saturated rings. The first kappa shape index (κ1) is 26.5. The van der Waals surface area contributed by atoms with Crippen molar-refractivity contribution in [1.29, 1.82) is 10.5 Å². The zero-order valence-electron chi connectivity index (χ0n) is 22.2. The number of aromatic nitrogens is 2. The standard InChI is InChI=1S/C30H28N6O4/c1-37-25-14-22-13-21(17-32)5-8-24(22)28(38-2)29(25)40-27-15-26(33-18-20-9-11-39-12-10-20)35-30(36-27)34-23-6-3-19(16-31)4-7-23/h3-8,13-15,20H,9-12,18H2,1-2H3,(H2,33,34,35,36). The third kappa shape index (κ3) is 5.98. The van der Waals surface area contributed by atoms with E-state index in [9.17, 15) is 5.26 Å². The summed E-state index contributed by atoms with van der Waals surface area (Å²) >= 11 is 0. The molecule has 0 aliphatic carbocycles. The number of nitrogens with zero attached hydrogens (tertiary/aromatic N) is 4. The van der Waals surface area contributed by atoms with E-state index in [1.165, 1.54) is 0 Å². The second-order valence-electron chi connectivity index (χ2n) is 9.26. The lowest BCUT2D eigenvalue weighted by Gasteiger charge is -2.22. The third-order valence-corrected chi connectivity index (χ3v) is 6.66. The fourth-order valence-electron chi connectivity index (χ4n) is 4.54. The SMILES string of the molecule is COc1cc2cc(C#N)ccc2c(OC)c1Oc1cc(NCC2CCOCC2)nc(Nc2ccc(C#N)cc2)n1. The Morgan fingerprint density at radius 2 is 1.65 bits per heavy atom. The van der Waals surface area contributed by atoms with Gasteiger partial charge < -0.3 is 29.6 Å². The normalized spacial score (nSPS) is 13.2. The number of ether oxygens (including phenoxy) is 4. The molecule has 10 heteroatoms. The largest absolute Gasteiger partial charge is 0.493 e. The fraction of sp³-hybridized carbons (Fsp3) is 0.267. The maximum Gasteiger partial charge on any atom is 0.232 e. The van der Waals surface area contributed by atoms with Crippen LogP contribution in [-0.4, -0.2) is 43.9 Å². The third-order valence-electron chi connectivity index (χ3n) is 6.66. The van der Waals surface area contributed by atoms with E-state index in [0.29, 0.717) is 46.1 Å². The Kier molecular flexibility index (Phi) is 8.10. The van der Waals surface area contributed by atoms with E-state index in [0.717, 1.165) is 49.1 Å². The van der Waals surface area contributed by atoms with Gasteiger partial charge in [-0.1, -0.05) is 0 Å². The number of rotatable bonds is 9. The molecule has 2 heterocycles. The van der Waals surface area contributed by atoms with Crippen LogP contribution < -0.4 is 24.8 Å². The average Bonchev–Trinajstić information content (AvgIpc) is 3.00. The van der Waals surface area contributed by atoms with Crippen LogP contribution in [0.25, 0.3) is 10.8 Å². The van der Waals surface area contributed by atoms with Crippen molar-refractivity contribution in [1.82, 2.24) is 9.97 Å². The summed E-state index contributed by atoms with van der Waals surface area (Å²) in [6, 6.07) is 20.1. The molecule has 0 radical (unpaired) electrons. The van der Waals surface area contributed by atoms with Gasteiger partial charge >= 0.3 is 0 Å². The Labute approximate surface area is 232 Å². The van der Waals surface area contributed by atoms with Crippen molar-refractivity contribution >= 4 is 28.2 Å². The fourth-order valence-corrected chi connectivity index (χ4v) is 4.54. The Morgan fingerprint density at radius 1 is 0.900 bits per heavy atom. The summed E-state index contributed by atoms with van der Waals surface area (Å²) in [7, 11) is 3.10. The van der Waals surface area contributed by atoms with Crippen molar-refractivity contribution in [3.05, 3.63) is 65.7 Å². The number of methoxy groups -OCH3 is 2. The number of hydrogen-bond acceptors (Lipinski definition) is 10. The van der Waals surface area contributed by atoms with Gasteiger partial charge in [0.25, 0.3) is 0 Å². The molecule has 0 amide bonds. The van der Waals surface area contributed by atoms with Gasteiger partial charge in [-0.25, -0.2) is 0 Å². The van der Waals surface area contributed by atoms with Crippen molar-refractivity contribution in [2.24, 2.45) is 5.92 Å². The molecule has 3 aromatic carbocycles. The first-order chi connectivity index (χ1) is 19.6. The molecular weight excluding hydrogens is 508 g/mol. The van der Waals surface area contributed by atoms with Crippen LogP contribution in [0.5, 0.6) is 23.1 Å². The summed E-state index contributed by atoms with van der Waals surface area (Å²) < 4.78 is 23.2. The molecule has 0 spiro atoms. The molecule has 10 nitrogen and oxygen atoms in total. The molecule has 1 saturated heterocycles. The molecule has 0 atom stereocenters. The van der Waals surface area contributed by atoms with Crippen LogP contribution in [0.3, 0.4) is 0 Å². The molecule has 0 bridgehead atoms. The van der Waals surface area contributed by atoms with Gasteiger partial charge in [-0.3, -0.25) is 0 Å². The molecule has 2 N–H and O–H groups in total. The van der Waals surface area contributed by atoms with E-state index in [-0.39, 0.29) is 5.88 Å². The molecule has 202 valence electrons. The van der Waals surface area contributed by atoms with Crippen LogP contribution in [0, 0.1) is 28.6 Å². The summed E-state index contributed by atoms with van der Waals surface area (Å²) in [5.74, 6) is 2.87. The molecule has 0 saturated carbocycles. The number of nitrogens with one attached hydrogen (secondary N) is 2. The highest BCUT2D eigenvalue weighted by molar-refractivity contribution is 5.94. The summed E-state index contributed by atoms with van der Waals surface area (Å²) in [6.45, 7) is 2.25. The first-order valence-electron chi connectivity index (χ1n) is 12.8. The van der Waals surface area contributed by atoms with E-state index in [1.807, 2.05) is 6.07 Å². The number of nitriles is 2. The molecule has 4 aromatic rings. The van der Waals surface area contributed by atoms with E-state index in [4.69, 9.17) is 24.2 Å². The van der Waals surface area contributed by atoms with Crippen LogP contribution >= 0.6 is 0 Å². The maximum atomic E-state index is 9.33. The predicted molar refractivity (Wildman–Crippen MR) is 150 cm³/mol. The van der Waals surface area contributed by atoms with E-state index >= 15 is 0 Å². The number of hydrogen-bond donors (Lipinski definition) is 2. The summed E-state index contributed by atoms with van der Waals surface area (Å²) in [5, 5.41) is 26.6. The smallest absolute Gasteiger partial charge is 0.232 e. The number of anilines is 3. The Bertz CT molecular complexity index is 1590. The highest BCUT2D eigenvalue weighted by Gasteiger charge is 2.20. The van der Waals surface area contributed by atoms with E-state index < -0.39 is 0 Å². The Hall–Kier alpha value is -5.06.